The first-order chi connectivity index (χ1) is 26.2. The van der Waals surface area contributed by atoms with E-state index in [0.29, 0.717) is 5.92 Å². The highest BCUT2D eigenvalue weighted by molar-refractivity contribution is 7.26. The van der Waals surface area contributed by atoms with Crippen LogP contribution in [0.4, 0.5) is 0 Å². The number of aromatic nitrogens is 4. The lowest BCUT2D eigenvalue weighted by molar-refractivity contribution is 0.723. The molecule has 0 saturated carbocycles. The molecule has 0 radical (unpaired) electrons. The third-order valence-corrected chi connectivity index (χ3v) is 12.6. The van der Waals surface area contributed by atoms with Crippen LogP contribution in [0.2, 0.25) is 0 Å². The molecule has 250 valence electrons. The molecule has 1 aliphatic rings. The highest BCUT2D eigenvalue weighted by atomic mass is 32.1. The largest absolute Gasteiger partial charge is 0.313 e. The van der Waals surface area contributed by atoms with Gasteiger partial charge in [-0.05, 0) is 61.0 Å². The maximum atomic E-state index is 5.69. The van der Waals surface area contributed by atoms with Gasteiger partial charge in [0.15, 0.2) is 5.82 Å². The second-order valence-electron chi connectivity index (χ2n) is 14.4. The number of pyridine rings is 1. The fourth-order valence-electron chi connectivity index (χ4n) is 9.18. The Hall–Kier alpha value is -6.43. The standard InChI is InChI=1S/C48H32N4S/c1-29-13-12-19-36-33-16-4-7-20-39(33)50(46(29)36)30-25-26-43-37(27-30)34-17-5-10-23-42(34)52(43)48-47-38(35-18-6-11-24-44(35)53-47)28-45(49-48)51-40-21-8-2-14-31(40)32-15-3-9-22-41(32)51/h2-12,14-29H,13H2,1H3. The molecule has 11 aromatic rings. The molecule has 1 atom stereocenters. The number of para-hydroxylation sites is 4. The zero-order chi connectivity index (χ0) is 34.8. The fraction of sp³-hybridized carbons (Fsp3) is 0.0625. The van der Waals surface area contributed by atoms with Crippen LogP contribution in [0.3, 0.4) is 0 Å². The Morgan fingerprint density at radius 2 is 1.09 bits per heavy atom. The van der Waals surface area contributed by atoms with Gasteiger partial charge in [0.2, 0.25) is 0 Å². The van der Waals surface area contributed by atoms with E-state index in [1.54, 1.807) is 0 Å². The molecular weight excluding hydrogens is 665 g/mol. The van der Waals surface area contributed by atoms with E-state index in [2.05, 4.69) is 178 Å². The Balaban J connectivity index is 1.19. The maximum Gasteiger partial charge on any atom is 0.158 e. The van der Waals surface area contributed by atoms with Crippen molar-refractivity contribution >= 4 is 92.1 Å². The van der Waals surface area contributed by atoms with E-state index in [0.717, 1.165) is 40.1 Å². The molecule has 0 fully saturated rings. The maximum absolute atomic E-state index is 5.69. The number of allylic oxidation sites excluding steroid dienone is 1. The van der Waals surface area contributed by atoms with E-state index in [9.17, 15) is 0 Å². The van der Waals surface area contributed by atoms with Crippen LogP contribution >= 0.6 is 11.3 Å². The Bertz CT molecular complexity index is 3290. The minimum Gasteiger partial charge on any atom is -0.313 e. The number of benzene rings is 6. The number of rotatable bonds is 3. The van der Waals surface area contributed by atoms with Crippen LogP contribution in [0.1, 0.15) is 30.5 Å². The first-order valence-corrected chi connectivity index (χ1v) is 19.2. The van der Waals surface area contributed by atoms with E-state index >= 15 is 0 Å². The third-order valence-electron chi connectivity index (χ3n) is 11.5. The molecule has 4 nitrogen and oxygen atoms in total. The summed E-state index contributed by atoms with van der Waals surface area (Å²) in [5.41, 5.74) is 9.81. The average Bonchev–Trinajstić information content (AvgIpc) is 3.94. The van der Waals surface area contributed by atoms with Crippen LogP contribution < -0.4 is 0 Å². The zero-order valence-electron chi connectivity index (χ0n) is 29.0. The van der Waals surface area contributed by atoms with Gasteiger partial charge in [-0.2, -0.15) is 0 Å². The van der Waals surface area contributed by atoms with Crippen molar-refractivity contribution in [2.45, 2.75) is 19.3 Å². The first-order valence-electron chi connectivity index (χ1n) is 18.4. The summed E-state index contributed by atoms with van der Waals surface area (Å²) in [4.78, 5) is 5.69. The summed E-state index contributed by atoms with van der Waals surface area (Å²) < 4.78 is 9.73. The van der Waals surface area contributed by atoms with Crippen LogP contribution in [0, 0.1) is 0 Å². The quantitative estimate of drug-likeness (QED) is 0.181. The lowest BCUT2D eigenvalue weighted by Gasteiger charge is -2.19. The van der Waals surface area contributed by atoms with Crippen molar-refractivity contribution in [1.29, 1.82) is 0 Å². The number of nitrogens with zero attached hydrogens (tertiary/aromatic N) is 4. The van der Waals surface area contributed by atoms with Crippen LogP contribution in [-0.2, 0) is 0 Å². The van der Waals surface area contributed by atoms with Crippen molar-refractivity contribution in [3.8, 4) is 17.3 Å². The molecule has 5 heterocycles. The van der Waals surface area contributed by atoms with Crippen LogP contribution in [0.5, 0.6) is 0 Å². The summed E-state index contributed by atoms with van der Waals surface area (Å²) in [6.45, 7) is 2.36. The minimum absolute atomic E-state index is 0.425. The van der Waals surface area contributed by atoms with E-state index < -0.39 is 0 Å². The van der Waals surface area contributed by atoms with Crippen LogP contribution in [0.15, 0.2) is 152 Å². The predicted octanol–water partition coefficient (Wildman–Crippen LogP) is 13.1. The predicted molar refractivity (Wildman–Crippen MR) is 225 cm³/mol. The highest BCUT2D eigenvalue weighted by Crippen LogP contribution is 2.44. The SMILES string of the molecule is CC1CC=Cc2c1n(-c1ccc3c(c1)c1ccccc1n3-c1nc(-n3c4ccccc4c4ccccc43)cc3c1sc1ccccc13)c1ccccc21. The van der Waals surface area contributed by atoms with Gasteiger partial charge in [0.1, 0.15) is 5.82 Å². The van der Waals surface area contributed by atoms with E-state index in [1.165, 1.54) is 69.6 Å². The van der Waals surface area contributed by atoms with Gasteiger partial charge in [-0.1, -0.05) is 110 Å². The summed E-state index contributed by atoms with van der Waals surface area (Å²) >= 11 is 1.83. The average molecular weight is 697 g/mol. The molecule has 0 bridgehead atoms. The summed E-state index contributed by atoms with van der Waals surface area (Å²) in [6, 6.07) is 53.2. The number of thiophene rings is 1. The van der Waals surface area contributed by atoms with Crippen molar-refractivity contribution in [3.63, 3.8) is 0 Å². The lowest BCUT2D eigenvalue weighted by Crippen LogP contribution is -2.07. The lowest BCUT2D eigenvalue weighted by atomic mass is 9.93. The molecule has 53 heavy (non-hydrogen) atoms. The molecule has 5 heteroatoms. The molecule has 0 saturated heterocycles. The third kappa shape index (κ3) is 3.97. The van der Waals surface area contributed by atoms with Crippen molar-refractivity contribution in [1.82, 2.24) is 18.7 Å². The Labute approximate surface area is 309 Å². The summed E-state index contributed by atoms with van der Waals surface area (Å²) in [7, 11) is 0. The van der Waals surface area contributed by atoms with E-state index in [1.807, 2.05) is 11.3 Å². The highest BCUT2D eigenvalue weighted by Gasteiger charge is 2.25. The Kier molecular flexibility index (Phi) is 5.94. The molecular formula is C48H32N4S. The summed E-state index contributed by atoms with van der Waals surface area (Å²) in [5, 5.41) is 8.71. The molecule has 0 spiro atoms. The van der Waals surface area contributed by atoms with Gasteiger partial charge in [-0.3, -0.25) is 9.13 Å². The summed E-state index contributed by atoms with van der Waals surface area (Å²) in [6.07, 6.45) is 5.70. The normalized spacial score (nSPS) is 14.5. The van der Waals surface area contributed by atoms with Crippen LogP contribution in [-0.4, -0.2) is 18.7 Å². The summed E-state index contributed by atoms with van der Waals surface area (Å²) in [5.74, 6) is 2.30. The van der Waals surface area contributed by atoms with Gasteiger partial charge in [0, 0.05) is 65.3 Å². The topological polar surface area (TPSA) is 27.7 Å². The van der Waals surface area contributed by atoms with Crippen molar-refractivity contribution < 1.29 is 0 Å². The van der Waals surface area contributed by atoms with Gasteiger partial charge in [0.05, 0.1) is 32.3 Å². The molecule has 1 aliphatic carbocycles. The monoisotopic (exact) mass is 696 g/mol. The number of hydrogen-bond donors (Lipinski definition) is 0. The number of fused-ring (bicyclic) bond motifs is 12. The molecule has 5 aromatic heterocycles. The van der Waals surface area contributed by atoms with E-state index in [4.69, 9.17) is 4.98 Å². The van der Waals surface area contributed by atoms with Gasteiger partial charge in [-0.15, -0.1) is 11.3 Å². The molecule has 12 rings (SSSR count). The smallest absolute Gasteiger partial charge is 0.158 e. The van der Waals surface area contributed by atoms with E-state index in [-0.39, 0.29) is 0 Å². The van der Waals surface area contributed by atoms with Crippen molar-refractivity contribution in [2.75, 3.05) is 0 Å². The minimum atomic E-state index is 0.425. The number of hydrogen-bond acceptors (Lipinski definition) is 2. The van der Waals surface area contributed by atoms with Gasteiger partial charge in [-0.25, -0.2) is 4.98 Å². The second kappa shape index (κ2) is 10.8. The molecule has 0 aliphatic heterocycles. The second-order valence-corrected chi connectivity index (χ2v) is 15.4. The van der Waals surface area contributed by atoms with Crippen LogP contribution in [0.25, 0.3) is 98.1 Å². The Morgan fingerprint density at radius 1 is 0.528 bits per heavy atom. The van der Waals surface area contributed by atoms with Crippen molar-refractivity contribution in [3.05, 3.63) is 163 Å². The zero-order valence-corrected chi connectivity index (χ0v) is 29.8. The molecule has 0 amide bonds. The molecule has 1 unspecified atom stereocenters. The van der Waals surface area contributed by atoms with Gasteiger partial charge < -0.3 is 4.57 Å². The first kappa shape index (κ1) is 29.2. The molecule has 6 aromatic carbocycles. The Morgan fingerprint density at radius 3 is 1.81 bits per heavy atom. The van der Waals surface area contributed by atoms with Gasteiger partial charge >= 0.3 is 0 Å². The molecule has 0 N–H and O–H groups in total. The van der Waals surface area contributed by atoms with Crippen molar-refractivity contribution in [2.24, 2.45) is 0 Å². The van der Waals surface area contributed by atoms with Gasteiger partial charge in [0.25, 0.3) is 0 Å². The fourth-order valence-corrected chi connectivity index (χ4v) is 10.3.